The molecule has 2 aliphatic heterocycles. The molecule has 0 spiro atoms. The molecule has 3 heterocycles. The molecule has 5 rings (SSSR count). The van der Waals surface area contributed by atoms with Crippen LogP contribution in [0.15, 0.2) is 18.2 Å². The van der Waals surface area contributed by atoms with Gasteiger partial charge in [-0.25, -0.2) is 9.78 Å². The van der Waals surface area contributed by atoms with Gasteiger partial charge in [0.15, 0.2) is 0 Å². The number of carboxylic acid groups (broad SMARTS) is 1. The van der Waals surface area contributed by atoms with Crippen molar-refractivity contribution in [3.63, 3.8) is 0 Å². The molecule has 1 amide bonds. The lowest BCUT2D eigenvalue weighted by molar-refractivity contribution is 0.00578. The first-order chi connectivity index (χ1) is 13.2. The van der Waals surface area contributed by atoms with Crippen molar-refractivity contribution in [2.24, 2.45) is 5.92 Å². The third-order valence-electron chi connectivity index (χ3n) is 7.14. The zero-order chi connectivity index (χ0) is 19.8. The van der Waals surface area contributed by atoms with Crippen molar-refractivity contribution in [1.82, 2.24) is 14.9 Å². The molecular weight excluding hydrogens is 357 g/mol. The van der Waals surface area contributed by atoms with Gasteiger partial charge in [-0.1, -0.05) is 6.07 Å². The second kappa shape index (κ2) is 5.73. The van der Waals surface area contributed by atoms with Crippen LogP contribution in [0.3, 0.4) is 0 Å². The van der Waals surface area contributed by atoms with Crippen LogP contribution < -0.4 is 5.46 Å². The zero-order valence-corrected chi connectivity index (χ0v) is 16.7. The summed E-state index contributed by atoms with van der Waals surface area (Å²) in [5, 5.41) is 9.68. The minimum Gasteiger partial charge on any atom is -0.465 e. The van der Waals surface area contributed by atoms with E-state index >= 15 is 0 Å². The number of aromatic nitrogens is 2. The Labute approximate surface area is 164 Å². The summed E-state index contributed by atoms with van der Waals surface area (Å²) in [6.07, 6.45) is 2.11. The third-order valence-corrected chi connectivity index (χ3v) is 7.14. The number of carbonyl (C=O) groups is 1. The molecule has 7 nitrogen and oxygen atoms in total. The van der Waals surface area contributed by atoms with E-state index in [1.807, 2.05) is 45.9 Å². The summed E-state index contributed by atoms with van der Waals surface area (Å²) in [5.41, 5.74) is 1.87. The van der Waals surface area contributed by atoms with E-state index in [4.69, 9.17) is 14.3 Å². The van der Waals surface area contributed by atoms with Crippen LogP contribution in [0.25, 0.3) is 11.0 Å². The first-order valence-corrected chi connectivity index (χ1v) is 10.0. The summed E-state index contributed by atoms with van der Waals surface area (Å²) in [7, 11) is -0.431. The monoisotopic (exact) mass is 383 g/mol. The van der Waals surface area contributed by atoms with Gasteiger partial charge in [0, 0.05) is 6.04 Å². The predicted molar refractivity (Wildman–Crippen MR) is 106 cm³/mol. The van der Waals surface area contributed by atoms with Gasteiger partial charge in [0.05, 0.1) is 28.3 Å². The number of amides is 1. The summed E-state index contributed by atoms with van der Waals surface area (Å²) in [4.78, 5) is 21.5. The van der Waals surface area contributed by atoms with Gasteiger partial charge in [-0.3, -0.25) is 4.90 Å². The predicted octanol–water partition coefficient (Wildman–Crippen LogP) is 3.07. The Kier molecular flexibility index (Phi) is 3.69. The smallest absolute Gasteiger partial charge is 0.465 e. The van der Waals surface area contributed by atoms with Crippen molar-refractivity contribution in [1.29, 1.82) is 0 Å². The Morgan fingerprint density at radius 2 is 1.96 bits per heavy atom. The van der Waals surface area contributed by atoms with Crippen LogP contribution in [0.4, 0.5) is 4.79 Å². The highest BCUT2D eigenvalue weighted by Crippen LogP contribution is 2.49. The summed E-state index contributed by atoms with van der Waals surface area (Å²) in [6, 6.07) is 5.88. The van der Waals surface area contributed by atoms with Crippen molar-refractivity contribution >= 4 is 29.7 Å². The fraction of sp³-hybridized carbons (Fsp3) is 0.600. The number of hydrogen-bond acceptors (Lipinski definition) is 4. The Morgan fingerprint density at radius 1 is 1.25 bits per heavy atom. The number of nitrogens with one attached hydrogen (secondary N) is 1. The maximum absolute atomic E-state index is 11.8. The van der Waals surface area contributed by atoms with Gasteiger partial charge < -0.3 is 19.4 Å². The van der Waals surface area contributed by atoms with Gasteiger partial charge in [-0.2, -0.15) is 0 Å². The van der Waals surface area contributed by atoms with E-state index in [0.29, 0.717) is 5.92 Å². The van der Waals surface area contributed by atoms with E-state index in [1.54, 1.807) is 4.90 Å². The number of benzene rings is 1. The molecule has 28 heavy (non-hydrogen) atoms. The second-order valence-corrected chi connectivity index (χ2v) is 9.35. The minimum atomic E-state index is -0.851. The highest BCUT2D eigenvalue weighted by molar-refractivity contribution is 6.62. The minimum absolute atomic E-state index is 0.126. The fourth-order valence-electron chi connectivity index (χ4n) is 4.93. The molecule has 1 aliphatic carbocycles. The SMILES string of the molecule is CC1(C)OB(c2ccc3nc(C4C5CCC(C5)N4C(=O)O)[nH]c3c2)OC1(C)C. The number of aromatic amines is 1. The van der Waals surface area contributed by atoms with Gasteiger partial charge in [0.1, 0.15) is 5.82 Å². The van der Waals surface area contributed by atoms with E-state index in [0.717, 1.165) is 41.6 Å². The Balaban J connectivity index is 1.48. The molecule has 3 unspecified atom stereocenters. The number of rotatable bonds is 2. The average Bonchev–Trinajstić information content (AvgIpc) is 3.35. The number of piperidine rings is 1. The van der Waals surface area contributed by atoms with Gasteiger partial charge in [-0.15, -0.1) is 0 Å². The van der Waals surface area contributed by atoms with Gasteiger partial charge >= 0.3 is 13.2 Å². The number of H-pyrrole nitrogens is 1. The van der Waals surface area contributed by atoms with Gasteiger partial charge in [-0.05, 0) is 70.5 Å². The van der Waals surface area contributed by atoms with Crippen LogP contribution >= 0.6 is 0 Å². The van der Waals surface area contributed by atoms with Crippen molar-refractivity contribution < 1.29 is 19.2 Å². The number of hydrogen-bond donors (Lipinski definition) is 2. The lowest BCUT2D eigenvalue weighted by Gasteiger charge is -2.32. The summed E-state index contributed by atoms with van der Waals surface area (Å²) in [5.74, 6) is 1.10. The average molecular weight is 383 g/mol. The standard InChI is InChI=1S/C20H26BN3O4/c1-19(2)20(3,4)28-21(27-19)12-6-8-14-15(10-12)23-17(22-14)16-11-5-7-13(9-11)24(16)18(25)26/h6,8,10-11,13,16H,5,7,9H2,1-4H3,(H,22,23)(H,25,26). The summed E-state index contributed by atoms with van der Waals surface area (Å²) in [6.45, 7) is 8.15. The number of imidazole rings is 1. The molecule has 2 bridgehead atoms. The zero-order valence-electron chi connectivity index (χ0n) is 16.7. The maximum atomic E-state index is 11.8. The number of likely N-dealkylation sites (tertiary alicyclic amines) is 1. The molecule has 148 valence electrons. The van der Waals surface area contributed by atoms with Crippen LogP contribution in [0.1, 0.15) is 58.8 Å². The van der Waals surface area contributed by atoms with E-state index in [1.165, 1.54) is 0 Å². The van der Waals surface area contributed by atoms with E-state index in [9.17, 15) is 9.90 Å². The fourth-order valence-corrected chi connectivity index (χ4v) is 4.93. The normalized spacial score (nSPS) is 30.5. The van der Waals surface area contributed by atoms with Crippen molar-refractivity contribution in [3.8, 4) is 0 Å². The molecule has 1 saturated carbocycles. The molecule has 8 heteroatoms. The first-order valence-electron chi connectivity index (χ1n) is 10.0. The largest absolute Gasteiger partial charge is 0.494 e. The van der Waals surface area contributed by atoms with E-state index in [-0.39, 0.29) is 12.1 Å². The van der Waals surface area contributed by atoms with E-state index in [2.05, 4.69) is 4.98 Å². The highest BCUT2D eigenvalue weighted by Gasteiger charge is 2.52. The molecule has 3 aliphatic rings. The summed E-state index contributed by atoms with van der Waals surface area (Å²) >= 11 is 0. The second-order valence-electron chi connectivity index (χ2n) is 9.35. The van der Waals surface area contributed by atoms with Crippen molar-refractivity contribution in [2.75, 3.05) is 0 Å². The molecule has 2 saturated heterocycles. The Morgan fingerprint density at radius 3 is 2.64 bits per heavy atom. The van der Waals surface area contributed by atoms with Gasteiger partial charge in [0.25, 0.3) is 0 Å². The Hall–Kier alpha value is -2.06. The first kappa shape index (κ1) is 18.0. The molecule has 1 aromatic carbocycles. The van der Waals surface area contributed by atoms with Crippen molar-refractivity contribution in [3.05, 3.63) is 24.0 Å². The molecular formula is C20H26BN3O4. The Bertz CT molecular complexity index is 940. The van der Waals surface area contributed by atoms with Crippen LogP contribution in [-0.2, 0) is 9.31 Å². The molecule has 2 N–H and O–H groups in total. The molecule has 2 aromatic rings. The van der Waals surface area contributed by atoms with E-state index < -0.39 is 24.4 Å². The quantitative estimate of drug-likeness (QED) is 0.779. The maximum Gasteiger partial charge on any atom is 0.494 e. The van der Waals surface area contributed by atoms with Crippen LogP contribution in [0.5, 0.6) is 0 Å². The highest BCUT2D eigenvalue weighted by atomic mass is 16.7. The lowest BCUT2D eigenvalue weighted by Crippen LogP contribution is -2.41. The molecule has 0 radical (unpaired) electrons. The molecule has 3 atom stereocenters. The van der Waals surface area contributed by atoms with Crippen LogP contribution in [0, 0.1) is 5.92 Å². The van der Waals surface area contributed by atoms with Gasteiger partial charge in [0.2, 0.25) is 0 Å². The van der Waals surface area contributed by atoms with Crippen LogP contribution in [-0.4, -0.2) is 50.4 Å². The number of fused-ring (bicyclic) bond motifs is 3. The third kappa shape index (κ3) is 2.50. The van der Waals surface area contributed by atoms with Crippen LogP contribution in [0.2, 0.25) is 0 Å². The molecule has 1 aromatic heterocycles. The summed E-state index contributed by atoms with van der Waals surface area (Å²) < 4.78 is 12.3. The lowest BCUT2D eigenvalue weighted by atomic mass is 9.79. The van der Waals surface area contributed by atoms with Crippen molar-refractivity contribution in [2.45, 2.75) is 70.2 Å². The molecule has 3 fully saturated rings. The number of nitrogens with zero attached hydrogens (tertiary/aromatic N) is 2. The topological polar surface area (TPSA) is 87.7 Å².